The fraction of sp³-hybridized carbons (Fsp3) is 0. The van der Waals surface area contributed by atoms with E-state index in [2.05, 4.69) is 9.97 Å². The smallest absolute Gasteiger partial charge is 0.343 e. The number of fused-ring (bicyclic) bond motifs is 2. The lowest BCUT2D eigenvalue weighted by Gasteiger charge is -2.12. The first kappa shape index (κ1) is 28.0. The van der Waals surface area contributed by atoms with Gasteiger partial charge in [-0.05, 0) is 84.9 Å². The molecule has 0 atom stereocenters. The van der Waals surface area contributed by atoms with Crippen LogP contribution in [0.25, 0.3) is 0 Å². The van der Waals surface area contributed by atoms with Gasteiger partial charge in [0.25, 0.3) is 23.6 Å². The number of carbonyl (C=O) groups is 6. The highest BCUT2D eigenvalue weighted by Gasteiger charge is 2.38. The number of benzene rings is 3. The summed E-state index contributed by atoms with van der Waals surface area (Å²) in [5.74, 6) is -3.45. The summed E-state index contributed by atoms with van der Waals surface area (Å²) in [6, 6.07) is 20.0. The molecular formula is C34H18N4O8. The Balaban J connectivity index is 1.02. The van der Waals surface area contributed by atoms with Gasteiger partial charge >= 0.3 is 11.9 Å². The van der Waals surface area contributed by atoms with Crippen molar-refractivity contribution >= 4 is 46.9 Å². The van der Waals surface area contributed by atoms with E-state index in [1.807, 2.05) is 0 Å². The number of carbonyl (C=O) groups excluding carboxylic acids is 6. The monoisotopic (exact) mass is 610 g/mol. The number of rotatable bonds is 6. The van der Waals surface area contributed by atoms with Crippen LogP contribution >= 0.6 is 0 Å². The topological polar surface area (TPSA) is 153 Å². The molecule has 12 heteroatoms. The third-order valence-corrected chi connectivity index (χ3v) is 7.33. The van der Waals surface area contributed by atoms with E-state index in [1.54, 1.807) is 0 Å². The Bertz CT molecular complexity index is 1960. The molecule has 2 aromatic heterocycles. The Labute approximate surface area is 259 Å². The van der Waals surface area contributed by atoms with Gasteiger partial charge in [-0.2, -0.15) is 0 Å². The summed E-state index contributed by atoms with van der Waals surface area (Å²) in [6.07, 6.45) is 5.85. The van der Waals surface area contributed by atoms with Crippen LogP contribution in [-0.4, -0.2) is 45.5 Å². The van der Waals surface area contributed by atoms with Crippen molar-refractivity contribution in [3.63, 3.8) is 0 Å². The fourth-order valence-electron chi connectivity index (χ4n) is 5.10. The molecule has 0 unspecified atom stereocenters. The van der Waals surface area contributed by atoms with Crippen molar-refractivity contribution in [1.82, 2.24) is 9.97 Å². The van der Waals surface area contributed by atoms with Crippen LogP contribution in [0.2, 0.25) is 0 Å². The zero-order chi connectivity index (χ0) is 31.9. The SMILES string of the molecule is O=C(Oc1ccc(OC(=O)c2ccc3c(c2)C(=O)N(c2ccncc2)C3=O)cc1)c1ccc2c(c1)C(=O)N(c1ccncc1)C2=O. The third-order valence-electron chi connectivity index (χ3n) is 7.33. The summed E-state index contributed by atoms with van der Waals surface area (Å²) in [5.41, 5.74) is 1.29. The summed E-state index contributed by atoms with van der Waals surface area (Å²) < 4.78 is 10.8. The number of pyridine rings is 2. The van der Waals surface area contributed by atoms with Gasteiger partial charge in [0, 0.05) is 24.8 Å². The average molecular weight is 611 g/mol. The second-order valence-electron chi connectivity index (χ2n) is 10.1. The average Bonchev–Trinajstić information content (AvgIpc) is 3.49. The number of ether oxygens (including phenoxy) is 2. The zero-order valence-corrected chi connectivity index (χ0v) is 23.4. The van der Waals surface area contributed by atoms with Gasteiger partial charge in [0.1, 0.15) is 11.5 Å². The first-order valence-corrected chi connectivity index (χ1v) is 13.7. The Kier molecular flexibility index (Phi) is 6.71. The van der Waals surface area contributed by atoms with E-state index in [1.165, 1.54) is 110 Å². The maximum absolute atomic E-state index is 13.0. The molecule has 3 aromatic carbocycles. The van der Waals surface area contributed by atoms with Gasteiger partial charge in [0.05, 0.1) is 44.8 Å². The van der Waals surface area contributed by atoms with E-state index in [0.717, 1.165) is 9.80 Å². The maximum atomic E-state index is 13.0. The molecule has 4 heterocycles. The van der Waals surface area contributed by atoms with Crippen molar-refractivity contribution in [2.24, 2.45) is 0 Å². The lowest BCUT2D eigenvalue weighted by Crippen LogP contribution is -2.29. The predicted octanol–water partition coefficient (Wildman–Crippen LogP) is 4.52. The molecule has 2 aliphatic heterocycles. The number of hydrogen-bond acceptors (Lipinski definition) is 10. The minimum Gasteiger partial charge on any atom is -0.423 e. The molecule has 0 saturated heterocycles. The van der Waals surface area contributed by atoms with Crippen molar-refractivity contribution in [3.05, 3.63) is 143 Å². The minimum absolute atomic E-state index is 0.0547. The molecule has 0 aliphatic carbocycles. The molecule has 0 spiro atoms. The molecule has 0 fully saturated rings. The van der Waals surface area contributed by atoms with Crippen LogP contribution in [0.5, 0.6) is 11.5 Å². The van der Waals surface area contributed by atoms with Crippen LogP contribution in [0.1, 0.15) is 62.1 Å². The van der Waals surface area contributed by atoms with Crippen LogP contribution in [0, 0.1) is 0 Å². The van der Waals surface area contributed by atoms with Crippen LogP contribution in [0.4, 0.5) is 11.4 Å². The van der Waals surface area contributed by atoms with Gasteiger partial charge in [-0.25, -0.2) is 19.4 Å². The van der Waals surface area contributed by atoms with Crippen molar-refractivity contribution in [2.75, 3.05) is 9.80 Å². The summed E-state index contributed by atoms with van der Waals surface area (Å²) in [6.45, 7) is 0. The van der Waals surface area contributed by atoms with Gasteiger partial charge in [-0.1, -0.05) is 0 Å². The Hall–Kier alpha value is -6.82. The van der Waals surface area contributed by atoms with Crippen LogP contribution in [0.15, 0.2) is 110 Å². The van der Waals surface area contributed by atoms with Gasteiger partial charge < -0.3 is 9.47 Å². The number of esters is 2. The van der Waals surface area contributed by atoms with Crippen LogP contribution < -0.4 is 19.3 Å². The first-order valence-electron chi connectivity index (χ1n) is 13.7. The number of hydrogen-bond donors (Lipinski definition) is 0. The molecule has 0 saturated carbocycles. The van der Waals surface area contributed by atoms with Gasteiger partial charge in [-0.3, -0.25) is 29.1 Å². The minimum atomic E-state index is -0.770. The molecule has 2 aliphatic rings. The zero-order valence-electron chi connectivity index (χ0n) is 23.4. The molecule has 0 bridgehead atoms. The lowest BCUT2D eigenvalue weighted by atomic mass is 10.1. The second-order valence-corrected chi connectivity index (χ2v) is 10.1. The highest BCUT2D eigenvalue weighted by Crippen LogP contribution is 2.31. The number of anilines is 2. The van der Waals surface area contributed by atoms with Crippen molar-refractivity contribution in [1.29, 1.82) is 0 Å². The van der Waals surface area contributed by atoms with E-state index >= 15 is 0 Å². The van der Waals surface area contributed by atoms with Crippen LogP contribution in [-0.2, 0) is 0 Å². The summed E-state index contributed by atoms with van der Waals surface area (Å²) in [4.78, 5) is 87.2. The fourth-order valence-corrected chi connectivity index (χ4v) is 5.10. The molecule has 46 heavy (non-hydrogen) atoms. The van der Waals surface area contributed by atoms with Crippen molar-refractivity contribution in [3.8, 4) is 11.5 Å². The second kappa shape index (κ2) is 11.0. The molecule has 5 aromatic rings. The molecule has 0 N–H and O–H groups in total. The summed E-state index contributed by atoms with van der Waals surface area (Å²) in [7, 11) is 0. The van der Waals surface area contributed by atoms with E-state index in [9.17, 15) is 28.8 Å². The van der Waals surface area contributed by atoms with Gasteiger partial charge in [0.15, 0.2) is 0 Å². The predicted molar refractivity (Wildman–Crippen MR) is 160 cm³/mol. The highest BCUT2D eigenvalue weighted by atomic mass is 16.5. The Morgan fingerprint density at radius 1 is 0.457 bits per heavy atom. The summed E-state index contributed by atoms with van der Waals surface area (Å²) in [5, 5.41) is 0. The molecular weight excluding hydrogens is 592 g/mol. The van der Waals surface area contributed by atoms with Gasteiger partial charge in [-0.15, -0.1) is 0 Å². The number of aromatic nitrogens is 2. The van der Waals surface area contributed by atoms with E-state index < -0.39 is 35.6 Å². The molecule has 222 valence electrons. The first-order chi connectivity index (χ1) is 22.3. The third kappa shape index (κ3) is 4.75. The van der Waals surface area contributed by atoms with E-state index in [-0.39, 0.29) is 44.9 Å². The lowest BCUT2D eigenvalue weighted by molar-refractivity contribution is 0.0719. The highest BCUT2D eigenvalue weighted by molar-refractivity contribution is 6.35. The van der Waals surface area contributed by atoms with E-state index in [0.29, 0.717) is 11.4 Å². The molecule has 4 amide bonds. The molecule has 7 rings (SSSR count). The Morgan fingerprint density at radius 3 is 1.17 bits per heavy atom. The number of amides is 4. The number of imide groups is 2. The standard InChI is InChI=1S/C34H18N4O8/c39-29-25-7-1-19(17-27(25)31(41)37(29)21-9-13-35-14-10-21)33(43)45-23-3-5-24(6-4-23)46-34(44)20-2-8-26-28(18-20)32(42)38(30(26)40)22-11-15-36-16-12-22/h1-18H. The normalized spacial score (nSPS) is 13.5. The number of nitrogens with zero attached hydrogens (tertiary/aromatic N) is 4. The van der Waals surface area contributed by atoms with Crippen molar-refractivity contribution in [2.45, 2.75) is 0 Å². The Morgan fingerprint density at radius 2 is 0.804 bits per heavy atom. The largest absolute Gasteiger partial charge is 0.423 e. The maximum Gasteiger partial charge on any atom is 0.343 e. The van der Waals surface area contributed by atoms with Gasteiger partial charge in [0.2, 0.25) is 0 Å². The quantitative estimate of drug-likeness (QED) is 0.152. The molecule has 0 radical (unpaired) electrons. The van der Waals surface area contributed by atoms with Crippen molar-refractivity contribution < 1.29 is 38.2 Å². The molecule has 12 nitrogen and oxygen atoms in total. The summed E-state index contributed by atoms with van der Waals surface area (Å²) >= 11 is 0. The van der Waals surface area contributed by atoms with Crippen LogP contribution in [0.3, 0.4) is 0 Å². The van der Waals surface area contributed by atoms with E-state index in [4.69, 9.17) is 9.47 Å².